The van der Waals surface area contributed by atoms with E-state index in [0.29, 0.717) is 26.1 Å². The van der Waals surface area contributed by atoms with Gasteiger partial charge in [-0.2, -0.15) is 0 Å². The summed E-state index contributed by atoms with van der Waals surface area (Å²) in [6, 6.07) is 10.0. The van der Waals surface area contributed by atoms with Crippen LogP contribution in [0.4, 0.5) is 0 Å². The normalized spacial score (nSPS) is 15.5. The highest BCUT2D eigenvalue weighted by Gasteiger charge is 2.38. The van der Waals surface area contributed by atoms with Crippen LogP contribution in [0.5, 0.6) is 0 Å². The van der Waals surface area contributed by atoms with Crippen LogP contribution in [0.15, 0.2) is 30.3 Å². The third-order valence-electron chi connectivity index (χ3n) is 8.06. The molecule has 2 atom stereocenters. The van der Waals surface area contributed by atoms with Gasteiger partial charge in [0.25, 0.3) is 0 Å². The summed E-state index contributed by atoms with van der Waals surface area (Å²) >= 11 is 0. The van der Waals surface area contributed by atoms with Crippen molar-refractivity contribution in [3.05, 3.63) is 35.9 Å². The van der Waals surface area contributed by atoms with Gasteiger partial charge in [0, 0.05) is 19.6 Å². The first-order valence-electron chi connectivity index (χ1n) is 14.1. The van der Waals surface area contributed by atoms with Gasteiger partial charge in [-0.3, -0.25) is 0 Å². The molecule has 7 heteroatoms. The number of hydrogen-bond donors (Lipinski definition) is 1. The molecule has 2 unspecified atom stereocenters. The first kappa shape index (κ1) is 35.0. The Kier molecular flexibility index (Phi) is 14.0. The van der Waals surface area contributed by atoms with E-state index in [1.165, 1.54) is 0 Å². The van der Waals surface area contributed by atoms with E-state index >= 15 is 0 Å². The minimum Gasteiger partial charge on any atom is -0.417 e. The molecule has 1 rings (SSSR count). The Hall–Kier alpha value is -0.986. The predicted molar refractivity (Wildman–Crippen MR) is 164 cm³/mol. The van der Waals surface area contributed by atoms with Gasteiger partial charge >= 0.3 is 0 Å². The van der Waals surface area contributed by atoms with E-state index in [2.05, 4.69) is 79.6 Å². The van der Waals surface area contributed by atoms with Gasteiger partial charge in [0.2, 0.25) is 0 Å². The molecule has 1 N–H and O–H groups in total. The Morgan fingerprint density at radius 2 is 1.37 bits per heavy atom. The minimum absolute atomic E-state index is 0.126. The Morgan fingerprint density at radius 3 is 1.92 bits per heavy atom. The number of ether oxygens (including phenoxy) is 2. The lowest BCUT2D eigenvalue weighted by Gasteiger charge is -2.37. The lowest BCUT2D eigenvalue weighted by Crippen LogP contribution is -2.42. The molecule has 0 aliphatic rings. The van der Waals surface area contributed by atoms with Crippen molar-refractivity contribution in [2.24, 2.45) is 0 Å². The van der Waals surface area contributed by atoms with Gasteiger partial charge in [-0.05, 0) is 68.0 Å². The number of unbranched alkanes of at least 4 members (excludes halogenated alkanes) is 1. The van der Waals surface area contributed by atoms with E-state index in [1.807, 2.05) is 37.3 Å². The first-order valence-corrected chi connectivity index (χ1v) is 19.9. The van der Waals surface area contributed by atoms with Crippen LogP contribution in [0.2, 0.25) is 36.3 Å². The third kappa shape index (κ3) is 12.9. The zero-order valence-corrected chi connectivity index (χ0v) is 28.2. The second-order valence-corrected chi connectivity index (χ2v) is 23.2. The highest BCUT2D eigenvalue weighted by molar-refractivity contribution is 6.74. The molecule has 1 aromatic rings. The molecule has 0 heterocycles. The Labute approximate surface area is 236 Å². The van der Waals surface area contributed by atoms with E-state index < -0.39 is 28.3 Å². The molecule has 0 amide bonds. The van der Waals surface area contributed by atoms with E-state index in [0.717, 1.165) is 25.0 Å². The van der Waals surface area contributed by atoms with Crippen LogP contribution in [-0.4, -0.2) is 53.5 Å². The van der Waals surface area contributed by atoms with Crippen molar-refractivity contribution in [2.45, 2.75) is 129 Å². The summed E-state index contributed by atoms with van der Waals surface area (Å²) in [4.78, 5) is 0. The molecular weight excluding hydrogens is 509 g/mol. The summed E-state index contributed by atoms with van der Waals surface area (Å²) in [5.41, 5.74) is 0.323. The van der Waals surface area contributed by atoms with Gasteiger partial charge in [-0.15, -0.1) is 0 Å². The summed E-state index contributed by atoms with van der Waals surface area (Å²) in [6.45, 7) is 26.4. The maximum absolute atomic E-state index is 10.6. The van der Waals surface area contributed by atoms with Gasteiger partial charge < -0.3 is 23.4 Å². The van der Waals surface area contributed by atoms with Crippen LogP contribution in [0.3, 0.4) is 0 Å². The smallest absolute Gasteiger partial charge is 0.191 e. The molecule has 218 valence electrons. The van der Waals surface area contributed by atoms with Crippen LogP contribution >= 0.6 is 0 Å². The number of hydrogen-bond acceptors (Lipinski definition) is 5. The summed E-state index contributed by atoms with van der Waals surface area (Å²) < 4.78 is 24.5. The second kappa shape index (κ2) is 15.1. The second-order valence-electron chi connectivity index (χ2n) is 13.6. The molecule has 1 aromatic carbocycles. The highest BCUT2D eigenvalue weighted by atomic mass is 28.4. The maximum Gasteiger partial charge on any atom is 0.191 e. The predicted octanol–water partition coefficient (Wildman–Crippen LogP) is 7.90. The van der Waals surface area contributed by atoms with Crippen molar-refractivity contribution in [3.63, 3.8) is 0 Å². The fourth-order valence-electron chi connectivity index (χ4n) is 3.09. The molecule has 0 radical (unpaired) electrons. The fraction of sp³-hybridized carbons (Fsp3) is 0.742. The first-order chi connectivity index (χ1) is 17.4. The number of rotatable bonds is 15. The molecule has 0 aliphatic heterocycles. The Balaban J connectivity index is 2.67. The largest absolute Gasteiger partial charge is 0.417 e. The number of benzene rings is 1. The molecule has 0 aromatic heterocycles. The Bertz CT molecular complexity index is 862. The van der Waals surface area contributed by atoms with Crippen molar-refractivity contribution in [1.29, 1.82) is 0 Å². The highest BCUT2D eigenvalue weighted by Crippen LogP contribution is 2.37. The lowest BCUT2D eigenvalue weighted by atomic mass is 10.0. The molecule has 0 saturated carbocycles. The molecule has 0 fully saturated rings. The molecule has 0 spiro atoms. The number of aliphatic hydroxyl groups is 1. The zero-order chi connectivity index (χ0) is 29.1. The van der Waals surface area contributed by atoms with Crippen LogP contribution in [0, 0.1) is 11.8 Å². The summed E-state index contributed by atoms with van der Waals surface area (Å²) in [6.07, 6.45) is 2.32. The van der Waals surface area contributed by atoms with E-state index in [1.54, 1.807) is 0 Å². The van der Waals surface area contributed by atoms with Crippen molar-refractivity contribution < 1.29 is 23.4 Å². The van der Waals surface area contributed by atoms with Crippen LogP contribution in [0.1, 0.15) is 79.7 Å². The van der Waals surface area contributed by atoms with E-state index in [-0.39, 0.29) is 16.9 Å². The SMILES string of the molecule is CC(C#CC(O)CCCCO[Si](C)(C)C(C)(C)C)(CCO[Si](C)(C)C(C)(C)C)OCOCc1ccccc1. The topological polar surface area (TPSA) is 57.2 Å². The molecule has 5 nitrogen and oxygen atoms in total. The van der Waals surface area contributed by atoms with Crippen molar-refractivity contribution in [3.8, 4) is 11.8 Å². The molecule has 0 bridgehead atoms. The average Bonchev–Trinajstić information content (AvgIpc) is 2.79. The maximum atomic E-state index is 10.6. The van der Waals surface area contributed by atoms with Crippen molar-refractivity contribution >= 4 is 16.6 Å². The van der Waals surface area contributed by atoms with Gasteiger partial charge in [0.15, 0.2) is 16.6 Å². The third-order valence-corrected chi connectivity index (χ3v) is 17.1. The van der Waals surface area contributed by atoms with E-state index in [4.69, 9.17) is 18.3 Å². The minimum atomic E-state index is -1.88. The molecule has 0 saturated heterocycles. The molecular formula is C31H56O5Si2. The van der Waals surface area contributed by atoms with Crippen molar-refractivity contribution in [2.75, 3.05) is 20.0 Å². The summed E-state index contributed by atoms with van der Waals surface area (Å²) in [5.74, 6) is 6.25. The van der Waals surface area contributed by atoms with Crippen molar-refractivity contribution in [1.82, 2.24) is 0 Å². The fourth-order valence-corrected chi connectivity index (χ4v) is 5.22. The van der Waals surface area contributed by atoms with Gasteiger partial charge in [-0.1, -0.05) is 83.7 Å². The zero-order valence-electron chi connectivity index (χ0n) is 26.2. The molecule has 0 aliphatic carbocycles. The van der Waals surface area contributed by atoms with Crippen LogP contribution in [-0.2, 0) is 24.9 Å². The van der Waals surface area contributed by atoms with Crippen LogP contribution < -0.4 is 0 Å². The number of aliphatic hydroxyl groups excluding tert-OH is 1. The molecule has 38 heavy (non-hydrogen) atoms. The lowest BCUT2D eigenvalue weighted by molar-refractivity contribution is -0.121. The van der Waals surface area contributed by atoms with Crippen LogP contribution in [0.25, 0.3) is 0 Å². The van der Waals surface area contributed by atoms with Gasteiger partial charge in [-0.25, -0.2) is 0 Å². The van der Waals surface area contributed by atoms with Gasteiger partial charge in [0.1, 0.15) is 18.5 Å². The summed E-state index contributed by atoms with van der Waals surface area (Å²) in [5, 5.41) is 10.9. The standard InChI is InChI=1S/C31H56O5Si2/c1-29(2,3)37(8,9)35-23-16-15-19-28(32)20-21-31(7,22-24-36-38(10,11)30(4,5)6)34-26-33-25-27-17-13-12-14-18-27/h12-14,17-18,28,32H,15-16,19,22-26H2,1-11H3. The Morgan fingerprint density at radius 1 is 0.816 bits per heavy atom. The van der Waals surface area contributed by atoms with E-state index in [9.17, 15) is 5.11 Å². The quantitative estimate of drug-likeness (QED) is 0.102. The monoisotopic (exact) mass is 564 g/mol. The average molecular weight is 565 g/mol. The van der Waals surface area contributed by atoms with Gasteiger partial charge in [0.05, 0.1) is 6.61 Å². The summed E-state index contributed by atoms with van der Waals surface area (Å²) in [7, 11) is -3.60.